The zero-order valence-corrected chi connectivity index (χ0v) is 13.3. The van der Waals surface area contributed by atoms with Crippen LogP contribution in [0, 0.1) is 0 Å². The van der Waals surface area contributed by atoms with E-state index >= 15 is 0 Å². The molecule has 7 heteroatoms. The van der Waals surface area contributed by atoms with E-state index in [2.05, 4.69) is 0 Å². The predicted octanol–water partition coefficient (Wildman–Crippen LogP) is 1.66. The highest BCUT2D eigenvalue weighted by Gasteiger charge is 2.14. The van der Waals surface area contributed by atoms with E-state index < -0.39 is 11.9 Å². The van der Waals surface area contributed by atoms with Crippen LogP contribution >= 0.6 is 11.3 Å². The van der Waals surface area contributed by atoms with Crippen molar-refractivity contribution in [1.82, 2.24) is 4.90 Å². The molecule has 1 heterocycles. The Morgan fingerprint density at radius 2 is 1.78 bits per heavy atom. The fraction of sp³-hybridized carbons (Fsp3) is 0.188. The number of esters is 1. The van der Waals surface area contributed by atoms with Crippen LogP contribution in [-0.2, 0) is 16.1 Å². The van der Waals surface area contributed by atoms with Crippen LogP contribution in [0.1, 0.15) is 25.6 Å². The summed E-state index contributed by atoms with van der Waals surface area (Å²) in [5.41, 5.74) is 5.68. The number of ether oxygens (including phenoxy) is 1. The molecule has 0 atom stereocenters. The Labute approximate surface area is 137 Å². The molecule has 0 bridgehead atoms. The second-order valence-corrected chi connectivity index (χ2v) is 5.88. The molecular weight excluding hydrogens is 316 g/mol. The Kier molecular flexibility index (Phi) is 5.48. The molecule has 0 saturated carbocycles. The van der Waals surface area contributed by atoms with E-state index in [-0.39, 0.29) is 18.1 Å². The van der Waals surface area contributed by atoms with Gasteiger partial charge in [-0.25, -0.2) is 4.79 Å². The standard InChI is InChI=1S/C16H16N2O4S/c1-18(9-13-3-2-8-23-13)14(19)10-22-16(21)12-6-4-11(5-7-12)15(17)20/h2-8H,9-10H2,1H3,(H2,17,20). The fourth-order valence-corrected chi connectivity index (χ4v) is 2.57. The first-order valence-corrected chi connectivity index (χ1v) is 7.68. The Morgan fingerprint density at radius 1 is 1.13 bits per heavy atom. The van der Waals surface area contributed by atoms with E-state index in [0.29, 0.717) is 12.1 Å². The first kappa shape index (κ1) is 16.7. The highest BCUT2D eigenvalue weighted by Crippen LogP contribution is 2.11. The third-order valence-electron chi connectivity index (χ3n) is 3.13. The molecule has 1 aromatic heterocycles. The first-order chi connectivity index (χ1) is 11.0. The molecule has 0 unspecified atom stereocenters. The van der Waals surface area contributed by atoms with Gasteiger partial charge >= 0.3 is 5.97 Å². The van der Waals surface area contributed by atoms with Crippen molar-refractivity contribution >= 4 is 29.1 Å². The molecule has 2 amide bonds. The monoisotopic (exact) mass is 332 g/mol. The number of nitrogens with zero attached hydrogens (tertiary/aromatic N) is 1. The number of hydrogen-bond acceptors (Lipinski definition) is 5. The van der Waals surface area contributed by atoms with E-state index in [9.17, 15) is 14.4 Å². The van der Waals surface area contributed by atoms with Gasteiger partial charge in [-0.1, -0.05) is 6.07 Å². The van der Waals surface area contributed by atoms with Crippen LogP contribution in [0.4, 0.5) is 0 Å². The van der Waals surface area contributed by atoms with Gasteiger partial charge in [0.25, 0.3) is 5.91 Å². The van der Waals surface area contributed by atoms with Crippen molar-refractivity contribution in [3.05, 3.63) is 57.8 Å². The van der Waals surface area contributed by atoms with Crippen molar-refractivity contribution in [3.63, 3.8) is 0 Å². The molecule has 0 radical (unpaired) electrons. The lowest BCUT2D eigenvalue weighted by Crippen LogP contribution is -2.30. The summed E-state index contributed by atoms with van der Waals surface area (Å²) >= 11 is 1.55. The van der Waals surface area contributed by atoms with Crippen molar-refractivity contribution in [1.29, 1.82) is 0 Å². The third kappa shape index (κ3) is 4.65. The normalized spacial score (nSPS) is 10.1. The second-order valence-electron chi connectivity index (χ2n) is 4.85. The smallest absolute Gasteiger partial charge is 0.338 e. The Hall–Kier alpha value is -2.67. The molecule has 2 rings (SSSR count). The van der Waals surface area contributed by atoms with Crippen LogP contribution in [0.15, 0.2) is 41.8 Å². The lowest BCUT2D eigenvalue weighted by molar-refractivity contribution is -0.133. The van der Waals surface area contributed by atoms with Crippen LogP contribution in [0.5, 0.6) is 0 Å². The van der Waals surface area contributed by atoms with Crippen LogP contribution in [0.3, 0.4) is 0 Å². The molecule has 2 N–H and O–H groups in total. The fourth-order valence-electron chi connectivity index (χ4n) is 1.82. The SMILES string of the molecule is CN(Cc1cccs1)C(=O)COC(=O)c1ccc(C(N)=O)cc1. The van der Waals surface area contributed by atoms with Crippen molar-refractivity contribution in [2.24, 2.45) is 5.73 Å². The maximum absolute atomic E-state index is 11.9. The quantitative estimate of drug-likeness (QED) is 0.815. The Bertz CT molecular complexity index is 695. The number of carbonyl (C=O) groups excluding carboxylic acids is 3. The number of likely N-dealkylation sites (N-methyl/N-ethyl adjacent to an activating group) is 1. The number of primary amides is 1. The van der Waals surface area contributed by atoms with Crippen LogP contribution < -0.4 is 5.73 Å². The van der Waals surface area contributed by atoms with Gasteiger partial charge in [0.1, 0.15) is 0 Å². The molecule has 23 heavy (non-hydrogen) atoms. The average Bonchev–Trinajstić information content (AvgIpc) is 3.05. The average molecular weight is 332 g/mol. The molecule has 120 valence electrons. The topological polar surface area (TPSA) is 89.7 Å². The van der Waals surface area contributed by atoms with E-state index in [4.69, 9.17) is 10.5 Å². The highest BCUT2D eigenvalue weighted by atomic mass is 32.1. The minimum absolute atomic E-state index is 0.253. The molecule has 0 saturated heterocycles. The minimum Gasteiger partial charge on any atom is -0.452 e. The van der Waals surface area contributed by atoms with Crippen molar-refractivity contribution in [2.75, 3.05) is 13.7 Å². The van der Waals surface area contributed by atoms with Gasteiger partial charge in [-0.15, -0.1) is 11.3 Å². The first-order valence-electron chi connectivity index (χ1n) is 6.80. The lowest BCUT2D eigenvalue weighted by atomic mass is 10.1. The summed E-state index contributed by atoms with van der Waals surface area (Å²) in [7, 11) is 1.65. The van der Waals surface area contributed by atoms with Gasteiger partial charge < -0.3 is 15.4 Å². The van der Waals surface area contributed by atoms with Crippen molar-refractivity contribution in [2.45, 2.75) is 6.54 Å². The number of carbonyl (C=O) groups is 3. The number of hydrogen-bond donors (Lipinski definition) is 1. The zero-order valence-electron chi connectivity index (χ0n) is 12.5. The van der Waals surface area contributed by atoms with Crippen LogP contribution in [-0.4, -0.2) is 36.3 Å². The molecule has 0 aliphatic rings. The summed E-state index contributed by atoms with van der Waals surface area (Å²) in [5, 5.41) is 1.93. The summed E-state index contributed by atoms with van der Waals surface area (Å²) < 4.78 is 4.99. The van der Waals surface area contributed by atoms with Gasteiger partial charge in [-0.3, -0.25) is 9.59 Å². The number of amides is 2. The molecule has 0 spiro atoms. The summed E-state index contributed by atoms with van der Waals surface area (Å²) in [5.74, 6) is -1.49. The Balaban J connectivity index is 1.85. The van der Waals surface area contributed by atoms with Gasteiger partial charge in [0, 0.05) is 17.5 Å². The number of benzene rings is 1. The zero-order chi connectivity index (χ0) is 16.8. The second kappa shape index (κ2) is 7.55. The number of thiophene rings is 1. The van der Waals surface area contributed by atoms with E-state index in [1.165, 1.54) is 29.2 Å². The Morgan fingerprint density at radius 3 is 2.35 bits per heavy atom. The minimum atomic E-state index is -0.626. The molecular formula is C16H16N2O4S. The van der Waals surface area contributed by atoms with Gasteiger partial charge in [0.15, 0.2) is 6.61 Å². The summed E-state index contributed by atoms with van der Waals surface area (Å²) in [6, 6.07) is 9.58. The summed E-state index contributed by atoms with van der Waals surface area (Å²) in [4.78, 5) is 37.3. The molecule has 0 fully saturated rings. The van der Waals surface area contributed by atoms with Crippen LogP contribution in [0.25, 0.3) is 0 Å². The maximum atomic E-state index is 11.9. The molecule has 1 aromatic carbocycles. The third-order valence-corrected chi connectivity index (χ3v) is 3.99. The molecule has 2 aromatic rings. The summed E-state index contributed by atoms with van der Waals surface area (Å²) in [6.07, 6.45) is 0. The van der Waals surface area contributed by atoms with Gasteiger partial charge in [-0.2, -0.15) is 0 Å². The van der Waals surface area contributed by atoms with E-state index in [1.54, 1.807) is 18.4 Å². The van der Waals surface area contributed by atoms with Gasteiger partial charge in [0.2, 0.25) is 5.91 Å². The maximum Gasteiger partial charge on any atom is 0.338 e. The van der Waals surface area contributed by atoms with Gasteiger partial charge in [-0.05, 0) is 35.7 Å². The van der Waals surface area contributed by atoms with E-state index in [1.807, 2.05) is 17.5 Å². The number of rotatable bonds is 6. The van der Waals surface area contributed by atoms with Gasteiger partial charge in [0.05, 0.1) is 12.1 Å². The van der Waals surface area contributed by atoms with E-state index in [0.717, 1.165) is 4.88 Å². The predicted molar refractivity (Wildman–Crippen MR) is 86.0 cm³/mol. The molecule has 0 aliphatic heterocycles. The highest BCUT2D eigenvalue weighted by molar-refractivity contribution is 7.09. The number of nitrogens with two attached hydrogens (primary N) is 1. The largest absolute Gasteiger partial charge is 0.452 e. The summed E-state index contributed by atoms with van der Waals surface area (Å²) in [6.45, 7) is 0.139. The molecule has 0 aliphatic carbocycles. The lowest BCUT2D eigenvalue weighted by Gasteiger charge is -2.16. The van der Waals surface area contributed by atoms with Crippen molar-refractivity contribution < 1.29 is 19.1 Å². The van der Waals surface area contributed by atoms with Crippen molar-refractivity contribution in [3.8, 4) is 0 Å². The van der Waals surface area contributed by atoms with Crippen LogP contribution in [0.2, 0.25) is 0 Å². The molecule has 6 nitrogen and oxygen atoms in total.